The first-order valence-corrected chi connectivity index (χ1v) is 8.17. The molecule has 130 valence electrons. The molecular weight excluding hydrogens is 326 g/mol. The molecule has 0 radical (unpaired) electrons. The molecule has 0 aliphatic carbocycles. The summed E-state index contributed by atoms with van der Waals surface area (Å²) in [6, 6.07) is 19.0. The molecule has 5 nitrogen and oxygen atoms in total. The summed E-state index contributed by atoms with van der Waals surface area (Å²) >= 11 is 0. The summed E-state index contributed by atoms with van der Waals surface area (Å²) < 4.78 is 7.26. The molecule has 5 heteroatoms. The van der Waals surface area contributed by atoms with Gasteiger partial charge in [-0.1, -0.05) is 24.3 Å². The van der Waals surface area contributed by atoms with Gasteiger partial charge in [0.25, 0.3) is 5.91 Å². The number of carbonyl (C=O) groups is 1. The predicted octanol–water partition coefficient (Wildman–Crippen LogP) is 3.49. The number of nitriles is 1. The lowest BCUT2D eigenvalue weighted by Gasteiger charge is -2.13. The zero-order chi connectivity index (χ0) is 18.7. The Kier molecular flexibility index (Phi) is 4.76. The van der Waals surface area contributed by atoms with Crippen molar-refractivity contribution in [3.05, 3.63) is 77.0 Å². The molecule has 0 unspecified atom stereocenters. The fourth-order valence-corrected chi connectivity index (χ4v) is 2.97. The van der Waals surface area contributed by atoms with Gasteiger partial charge in [-0.15, -0.1) is 0 Å². The number of rotatable bonds is 5. The Labute approximate surface area is 152 Å². The van der Waals surface area contributed by atoms with Crippen molar-refractivity contribution in [2.45, 2.75) is 13.5 Å². The molecule has 0 saturated carbocycles. The highest BCUT2D eigenvalue weighted by atomic mass is 16.5. The molecule has 0 aliphatic heterocycles. The molecule has 0 atom stereocenters. The molecule has 2 aromatic carbocycles. The minimum absolute atomic E-state index is 0.453. The zero-order valence-corrected chi connectivity index (χ0v) is 14.7. The third-order valence-electron chi connectivity index (χ3n) is 4.44. The number of hydrogen-bond acceptors (Lipinski definition) is 3. The molecule has 1 heterocycles. The summed E-state index contributed by atoms with van der Waals surface area (Å²) in [7, 11) is 1.63. The topological polar surface area (TPSA) is 81.0 Å². The third-order valence-corrected chi connectivity index (χ3v) is 4.44. The monoisotopic (exact) mass is 345 g/mol. The normalized spacial score (nSPS) is 10.3. The first-order chi connectivity index (χ1) is 12.5. The van der Waals surface area contributed by atoms with E-state index in [1.165, 1.54) is 0 Å². The summed E-state index contributed by atoms with van der Waals surface area (Å²) in [5.41, 5.74) is 10.3. The van der Waals surface area contributed by atoms with Crippen LogP contribution in [0.3, 0.4) is 0 Å². The summed E-state index contributed by atoms with van der Waals surface area (Å²) in [6.07, 6.45) is 0. The number of aromatic nitrogens is 1. The Morgan fingerprint density at radius 3 is 2.35 bits per heavy atom. The highest BCUT2D eigenvalue weighted by Crippen LogP contribution is 2.27. The number of methoxy groups -OCH3 is 1. The van der Waals surface area contributed by atoms with Crippen LogP contribution in [-0.2, 0) is 6.54 Å². The number of ether oxygens (including phenoxy) is 1. The van der Waals surface area contributed by atoms with Crippen LogP contribution in [0.1, 0.15) is 27.2 Å². The molecule has 2 N–H and O–H groups in total. The van der Waals surface area contributed by atoms with Gasteiger partial charge in [-0.25, -0.2) is 0 Å². The van der Waals surface area contributed by atoms with Crippen molar-refractivity contribution >= 4 is 5.91 Å². The minimum atomic E-state index is -0.453. The van der Waals surface area contributed by atoms with E-state index in [1.807, 2.05) is 49.4 Å². The molecular formula is C21H19N3O2. The molecule has 1 aromatic heterocycles. The Morgan fingerprint density at radius 2 is 1.81 bits per heavy atom. The van der Waals surface area contributed by atoms with Gasteiger partial charge >= 0.3 is 0 Å². The fourth-order valence-electron chi connectivity index (χ4n) is 2.97. The van der Waals surface area contributed by atoms with Gasteiger partial charge in [0.2, 0.25) is 0 Å². The number of primary amides is 1. The summed E-state index contributed by atoms with van der Waals surface area (Å²) in [5.74, 6) is 0.342. The van der Waals surface area contributed by atoms with Crippen LogP contribution in [0.15, 0.2) is 54.6 Å². The predicted molar refractivity (Wildman–Crippen MR) is 99.9 cm³/mol. The quantitative estimate of drug-likeness (QED) is 0.768. The van der Waals surface area contributed by atoms with Crippen LogP contribution in [0.4, 0.5) is 0 Å². The van der Waals surface area contributed by atoms with Crippen molar-refractivity contribution in [2.24, 2.45) is 5.73 Å². The number of amides is 1. The van der Waals surface area contributed by atoms with E-state index >= 15 is 0 Å². The van der Waals surface area contributed by atoms with Crippen molar-refractivity contribution in [1.29, 1.82) is 5.26 Å². The van der Waals surface area contributed by atoms with E-state index in [-0.39, 0.29) is 0 Å². The lowest BCUT2D eigenvalue weighted by Crippen LogP contribution is -2.12. The van der Waals surface area contributed by atoms with Gasteiger partial charge in [-0.3, -0.25) is 4.79 Å². The smallest absolute Gasteiger partial charge is 0.250 e. The van der Waals surface area contributed by atoms with E-state index in [0.717, 1.165) is 28.3 Å². The second kappa shape index (κ2) is 7.16. The SMILES string of the molecule is COc1ccc(Cn2c(-c3ccc(C#N)cc3)cc(C(N)=O)c2C)cc1. The molecule has 0 spiro atoms. The summed E-state index contributed by atoms with van der Waals surface area (Å²) in [6.45, 7) is 2.48. The van der Waals surface area contributed by atoms with E-state index in [1.54, 1.807) is 19.2 Å². The molecule has 0 fully saturated rings. The van der Waals surface area contributed by atoms with E-state index in [4.69, 9.17) is 15.7 Å². The van der Waals surface area contributed by atoms with Gasteiger partial charge in [-0.2, -0.15) is 5.26 Å². The van der Waals surface area contributed by atoms with Crippen molar-refractivity contribution in [2.75, 3.05) is 7.11 Å². The van der Waals surface area contributed by atoms with Crippen molar-refractivity contribution < 1.29 is 9.53 Å². The molecule has 3 rings (SSSR count). The highest BCUT2D eigenvalue weighted by Gasteiger charge is 2.17. The average molecular weight is 345 g/mol. The van der Waals surface area contributed by atoms with Crippen molar-refractivity contribution in [3.63, 3.8) is 0 Å². The third kappa shape index (κ3) is 3.31. The molecule has 26 heavy (non-hydrogen) atoms. The van der Waals surface area contributed by atoms with Gasteiger partial charge in [0, 0.05) is 17.9 Å². The first-order valence-electron chi connectivity index (χ1n) is 8.17. The zero-order valence-electron chi connectivity index (χ0n) is 14.7. The molecule has 3 aromatic rings. The number of nitrogens with zero attached hydrogens (tertiary/aromatic N) is 2. The molecule has 0 aliphatic rings. The van der Waals surface area contributed by atoms with Crippen LogP contribution in [0.5, 0.6) is 5.75 Å². The van der Waals surface area contributed by atoms with Crippen LogP contribution in [-0.4, -0.2) is 17.6 Å². The Hall–Kier alpha value is -3.52. The highest BCUT2D eigenvalue weighted by molar-refractivity contribution is 5.95. The van der Waals surface area contributed by atoms with Gasteiger partial charge in [0.05, 0.1) is 24.3 Å². The van der Waals surface area contributed by atoms with Crippen molar-refractivity contribution in [3.8, 4) is 23.1 Å². The number of benzene rings is 2. The number of nitrogens with two attached hydrogens (primary N) is 1. The van der Waals surface area contributed by atoms with Crippen LogP contribution in [0, 0.1) is 18.3 Å². The first kappa shape index (κ1) is 17.3. The Morgan fingerprint density at radius 1 is 1.15 bits per heavy atom. The maximum absolute atomic E-state index is 11.8. The standard InChI is InChI=1S/C21H19N3O2/c1-14-19(21(23)25)11-20(17-7-3-15(12-22)4-8-17)24(14)13-16-5-9-18(26-2)10-6-16/h3-11H,13H2,1-2H3,(H2,23,25). The van der Waals surface area contributed by atoms with Crippen LogP contribution in [0.2, 0.25) is 0 Å². The lowest BCUT2D eigenvalue weighted by molar-refractivity contribution is 0.0999. The average Bonchev–Trinajstić information content (AvgIpc) is 2.99. The van der Waals surface area contributed by atoms with E-state index in [0.29, 0.717) is 17.7 Å². The van der Waals surface area contributed by atoms with Gasteiger partial charge in [-0.05, 0) is 48.4 Å². The van der Waals surface area contributed by atoms with Crippen LogP contribution in [0.25, 0.3) is 11.3 Å². The summed E-state index contributed by atoms with van der Waals surface area (Å²) in [4.78, 5) is 11.8. The molecule has 1 amide bonds. The van der Waals surface area contributed by atoms with E-state index in [2.05, 4.69) is 10.6 Å². The largest absolute Gasteiger partial charge is 0.497 e. The number of hydrogen-bond donors (Lipinski definition) is 1. The van der Waals surface area contributed by atoms with Gasteiger partial charge < -0.3 is 15.0 Å². The van der Waals surface area contributed by atoms with Crippen LogP contribution >= 0.6 is 0 Å². The minimum Gasteiger partial charge on any atom is -0.497 e. The van der Waals surface area contributed by atoms with Crippen LogP contribution < -0.4 is 10.5 Å². The lowest BCUT2D eigenvalue weighted by atomic mass is 10.1. The number of carbonyl (C=O) groups excluding carboxylic acids is 1. The van der Waals surface area contributed by atoms with E-state index in [9.17, 15) is 4.79 Å². The van der Waals surface area contributed by atoms with Crippen molar-refractivity contribution in [1.82, 2.24) is 4.57 Å². The second-order valence-electron chi connectivity index (χ2n) is 6.02. The summed E-state index contributed by atoms with van der Waals surface area (Å²) in [5, 5.41) is 8.99. The molecule has 0 bridgehead atoms. The second-order valence-corrected chi connectivity index (χ2v) is 6.02. The fraction of sp³-hybridized carbons (Fsp3) is 0.143. The molecule has 0 saturated heterocycles. The maximum atomic E-state index is 11.8. The Balaban J connectivity index is 2.06. The maximum Gasteiger partial charge on any atom is 0.250 e. The Bertz CT molecular complexity index is 978. The van der Waals surface area contributed by atoms with Gasteiger partial charge in [0.15, 0.2) is 0 Å². The van der Waals surface area contributed by atoms with Gasteiger partial charge in [0.1, 0.15) is 5.75 Å². The van der Waals surface area contributed by atoms with E-state index < -0.39 is 5.91 Å².